The third-order valence-electron chi connectivity index (χ3n) is 2.92. The minimum atomic E-state index is -0.952. The number of alkyl halides is 1. The fourth-order valence-electron chi connectivity index (χ4n) is 1.99. The van der Waals surface area contributed by atoms with E-state index in [1.54, 1.807) is 6.20 Å². The van der Waals surface area contributed by atoms with Crippen molar-refractivity contribution in [2.45, 2.75) is 25.7 Å². The van der Waals surface area contributed by atoms with Gasteiger partial charge in [0.2, 0.25) is 0 Å². The Bertz CT molecular complexity index is 340. The van der Waals surface area contributed by atoms with Gasteiger partial charge in [0.1, 0.15) is 0 Å². The molecule has 0 spiro atoms. The Morgan fingerprint density at radius 1 is 1.80 bits per heavy atom. The standard InChI is InChI=1S/C10H15FN2O2/c1-15-10(14)8-6-12-13-3-2-7(5-11)4-9(8)13/h6-7,10,14H,2-5H2,1H3. The summed E-state index contributed by atoms with van der Waals surface area (Å²) in [5.41, 5.74) is 1.56. The van der Waals surface area contributed by atoms with Crippen molar-refractivity contribution < 1.29 is 14.2 Å². The number of aromatic nitrogens is 2. The van der Waals surface area contributed by atoms with E-state index in [2.05, 4.69) is 5.10 Å². The molecule has 0 fully saturated rings. The maximum atomic E-state index is 12.6. The Hall–Kier alpha value is -0.940. The Kier molecular flexibility index (Phi) is 3.02. The van der Waals surface area contributed by atoms with E-state index >= 15 is 0 Å². The second kappa shape index (κ2) is 4.28. The molecule has 1 aliphatic heterocycles. The van der Waals surface area contributed by atoms with Crippen LogP contribution in [0.3, 0.4) is 0 Å². The normalized spacial score (nSPS) is 22.5. The van der Waals surface area contributed by atoms with Gasteiger partial charge in [-0.05, 0) is 18.8 Å². The van der Waals surface area contributed by atoms with Gasteiger partial charge in [0.05, 0.1) is 12.9 Å². The van der Waals surface area contributed by atoms with E-state index in [1.807, 2.05) is 4.68 Å². The van der Waals surface area contributed by atoms with Gasteiger partial charge in [0.15, 0.2) is 6.29 Å². The number of ether oxygens (including phenoxy) is 1. The van der Waals surface area contributed by atoms with Crippen molar-refractivity contribution in [1.82, 2.24) is 9.78 Å². The van der Waals surface area contributed by atoms with Crippen LogP contribution in [0.5, 0.6) is 0 Å². The number of methoxy groups -OCH3 is 1. The molecule has 2 atom stereocenters. The number of nitrogens with zero attached hydrogens (tertiary/aromatic N) is 2. The van der Waals surface area contributed by atoms with Crippen LogP contribution in [0.2, 0.25) is 0 Å². The Balaban J connectivity index is 2.25. The van der Waals surface area contributed by atoms with E-state index in [1.165, 1.54) is 7.11 Å². The molecule has 2 rings (SSSR count). The molecule has 2 unspecified atom stereocenters. The highest BCUT2D eigenvalue weighted by Crippen LogP contribution is 2.26. The first-order valence-electron chi connectivity index (χ1n) is 5.07. The van der Waals surface area contributed by atoms with Crippen molar-refractivity contribution in [2.75, 3.05) is 13.8 Å². The Labute approximate surface area is 87.7 Å². The van der Waals surface area contributed by atoms with Gasteiger partial charge < -0.3 is 9.84 Å². The lowest BCUT2D eigenvalue weighted by atomic mass is 9.95. The summed E-state index contributed by atoms with van der Waals surface area (Å²) < 4.78 is 19.2. The van der Waals surface area contributed by atoms with Crippen LogP contribution in [-0.4, -0.2) is 28.7 Å². The molecule has 0 radical (unpaired) electrons. The first-order valence-corrected chi connectivity index (χ1v) is 5.07. The molecular formula is C10H15FN2O2. The number of aliphatic hydroxyl groups excluding tert-OH is 1. The first kappa shape index (κ1) is 10.6. The summed E-state index contributed by atoms with van der Waals surface area (Å²) >= 11 is 0. The average Bonchev–Trinajstić information content (AvgIpc) is 2.70. The average molecular weight is 214 g/mol. The summed E-state index contributed by atoms with van der Waals surface area (Å²) in [4.78, 5) is 0. The van der Waals surface area contributed by atoms with Crippen molar-refractivity contribution in [3.63, 3.8) is 0 Å². The van der Waals surface area contributed by atoms with Crippen LogP contribution in [-0.2, 0) is 17.7 Å². The number of hydrogen-bond donors (Lipinski definition) is 1. The minimum Gasteiger partial charge on any atom is -0.364 e. The van der Waals surface area contributed by atoms with Crippen LogP contribution >= 0.6 is 0 Å². The van der Waals surface area contributed by atoms with E-state index in [0.717, 1.165) is 18.7 Å². The van der Waals surface area contributed by atoms with Crippen LogP contribution in [0.4, 0.5) is 4.39 Å². The molecule has 15 heavy (non-hydrogen) atoms. The largest absolute Gasteiger partial charge is 0.364 e. The van der Waals surface area contributed by atoms with E-state index < -0.39 is 6.29 Å². The van der Waals surface area contributed by atoms with Gasteiger partial charge in [0, 0.05) is 24.9 Å². The summed E-state index contributed by atoms with van der Waals surface area (Å²) in [6.07, 6.45) is 2.09. The molecule has 84 valence electrons. The minimum absolute atomic E-state index is 0.0528. The predicted octanol–water partition coefficient (Wildman–Crippen LogP) is 1.05. The molecule has 0 amide bonds. The lowest BCUT2D eigenvalue weighted by Crippen LogP contribution is -2.22. The molecular weight excluding hydrogens is 199 g/mol. The van der Waals surface area contributed by atoms with Crippen molar-refractivity contribution in [2.24, 2.45) is 5.92 Å². The summed E-state index contributed by atoms with van der Waals surface area (Å²) in [7, 11) is 1.43. The molecule has 1 N–H and O–H groups in total. The molecule has 2 heterocycles. The summed E-state index contributed by atoms with van der Waals surface area (Å²) in [6, 6.07) is 0. The first-order chi connectivity index (χ1) is 7.26. The second-order valence-corrected chi connectivity index (χ2v) is 3.87. The number of halogens is 1. The fourth-order valence-corrected chi connectivity index (χ4v) is 1.99. The van der Waals surface area contributed by atoms with E-state index in [0.29, 0.717) is 12.0 Å². The van der Waals surface area contributed by atoms with Crippen LogP contribution in [0.15, 0.2) is 6.20 Å². The molecule has 1 aromatic heterocycles. The second-order valence-electron chi connectivity index (χ2n) is 3.87. The number of fused-ring (bicyclic) bond motifs is 1. The molecule has 5 heteroatoms. The molecule has 1 aliphatic rings. The predicted molar refractivity (Wildman–Crippen MR) is 52.0 cm³/mol. The zero-order chi connectivity index (χ0) is 10.8. The van der Waals surface area contributed by atoms with Crippen molar-refractivity contribution >= 4 is 0 Å². The quantitative estimate of drug-likeness (QED) is 0.765. The van der Waals surface area contributed by atoms with Gasteiger partial charge in [-0.25, -0.2) is 0 Å². The highest BCUT2D eigenvalue weighted by molar-refractivity contribution is 5.21. The Morgan fingerprint density at radius 3 is 3.27 bits per heavy atom. The lowest BCUT2D eigenvalue weighted by Gasteiger charge is -2.22. The van der Waals surface area contributed by atoms with Crippen molar-refractivity contribution in [3.05, 3.63) is 17.5 Å². The monoisotopic (exact) mass is 214 g/mol. The van der Waals surface area contributed by atoms with Crippen molar-refractivity contribution in [3.8, 4) is 0 Å². The smallest absolute Gasteiger partial charge is 0.184 e. The van der Waals surface area contributed by atoms with Gasteiger partial charge in [0.25, 0.3) is 0 Å². The number of rotatable bonds is 3. The highest BCUT2D eigenvalue weighted by atomic mass is 19.1. The summed E-state index contributed by atoms with van der Waals surface area (Å²) in [6.45, 7) is 0.411. The zero-order valence-corrected chi connectivity index (χ0v) is 8.69. The maximum Gasteiger partial charge on any atom is 0.184 e. The number of aryl methyl sites for hydroxylation is 1. The molecule has 0 saturated heterocycles. The Morgan fingerprint density at radius 2 is 2.60 bits per heavy atom. The van der Waals surface area contributed by atoms with Gasteiger partial charge in [-0.15, -0.1) is 0 Å². The molecule has 0 saturated carbocycles. The summed E-state index contributed by atoms with van der Waals surface area (Å²) in [5.74, 6) is 0.0528. The van der Waals surface area contributed by atoms with E-state index in [9.17, 15) is 9.50 Å². The molecule has 0 bridgehead atoms. The molecule has 4 nitrogen and oxygen atoms in total. The van der Waals surface area contributed by atoms with E-state index in [4.69, 9.17) is 4.74 Å². The van der Waals surface area contributed by atoms with Crippen LogP contribution < -0.4 is 0 Å². The van der Waals surface area contributed by atoms with Gasteiger partial charge >= 0.3 is 0 Å². The van der Waals surface area contributed by atoms with Gasteiger partial charge in [-0.2, -0.15) is 5.10 Å². The maximum absolute atomic E-state index is 12.6. The lowest BCUT2D eigenvalue weighted by molar-refractivity contribution is -0.0777. The third kappa shape index (κ3) is 1.89. The molecule has 1 aromatic rings. The van der Waals surface area contributed by atoms with E-state index in [-0.39, 0.29) is 12.6 Å². The third-order valence-corrected chi connectivity index (χ3v) is 2.92. The topological polar surface area (TPSA) is 47.3 Å². The van der Waals surface area contributed by atoms with Gasteiger partial charge in [-0.3, -0.25) is 9.07 Å². The zero-order valence-electron chi connectivity index (χ0n) is 8.69. The van der Waals surface area contributed by atoms with Crippen LogP contribution in [0.25, 0.3) is 0 Å². The summed E-state index contributed by atoms with van der Waals surface area (Å²) in [5, 5.41) is 13.7. The van der Waals surface area contributed by atoms with Gasteiger partial charge in [-0.1, -0.05) is 0 Å². The van der Waals surface area contributed by atoms with Crippen LogP contribution in [0, 0.1) is 5.92 Å². The SMILES string of the molecule is COC(O)c1cnn2c1CC(CF)CC2. The highest BCUT2D eigenvalue weighted by Gasteiger charge is 2.24. The number of aliphatic hydroxyl groups is 1. The van der Waals surface area contributed by atoms with Crippen LogP contribution in [0.1, 0.15) is 24.0 Å². The molecule has 0 aromatic carbocycles. The number of hydrogen-bond acceptors (Lipinski definition) is 3. The van der Waals surface area contributed by atoms with Crippen molar-refractivity contribution in [1.29, 1.82) is 0 Å². The molecule has 0 aliphatic carbocycles. The fraction of sp³-hybridized carbons (Fsp3) is 0.700.